The maximum absolute atomic E-state index is 13.0. The van der Waals surface area contributed by atoms with Crippen LogP contribution >= 0.6 is 38.9 Å². The third kappa shape index (κ3) is 5.14. The van der Waals surface area contributed by atoms with Crippen LogP contribution in [-0.2, 0) is 16.4 Å². The van der Waals surface area contributed by atoms with Crippen LogP contribution in [0.15, 0.2) is 51.1 Å². The maximum atomic E-state index is 13.0. The van der Waals surface area contributed by atoms with Gasteiger partial charge in [-0.1, -0.05) is 56.9 Å². The maximum Gasteiger partial charge on any atom is 0.244 e. The van der Waals surface area contributed by atoms with E-state index in [1.54, 1.807) is 29.5 Å². The molecule has 0 bridgehead atoms. The molecule has 0 amide bonds. The molecule has 0 unspecified atom stereocenters. The number of benzene rings is 2. The summed E-state index contributed by atoms with van der Waals surface area (Å²) in [6, 6.07) is 11.4. The topological polar surface area (TPSA) is 53.5 Å². The molecule has 4 rings (SSSR count). The van der Waals surface area contributed by atoms with Gasteiger partial charge in [0.25, 0.3) is 0 Å². The highest BCUT2D eigenvalue weighted by molar-refractivity contribution is 9.10. The van der Waals surface area contributed by atoms with Crippen LogP contribution < -0.4 is 4.90 Å². The predicted octanol–water partition coefficient (Wildman–Crippen LogP) is 5.28. The molecule has 0 atom stereocenters. The molecule has 164 valence electrons. The van der Waals surface area contributed by atoms with E-state index in [4.69, 9.17) is 16.6 Å². The van der Waals surface area contributed by atoms with Gasteiger partial charge in [-0.3, -0.25) is 0 Å². The molecule has 0 saturated carbocycles. The van der Waals surface area contributed by atoms with E-state index in [1.165, 1.54) is 21.0 Å². The highest BCUT2D eigenvalue weighted by Crippen LogP contribution is 2.30. The van der Waals surface area contributed by atoms with Crippen molar-refractivity contribution in [2.75, 3.05) is 31.1 Å². The SMILES string of the molecule is Cc1cc(C)cc(Cc2csc(N3CCN(S(=O)(=O)c4ccc(Br)cc4Cl)CC3)n2)c1. The molecule has 1 aliphatic rings. The number of piperazine rings is 1. The number of aromatic nitrogens is 1. The van der Waals surface area contributed by atoms with Crippen LogP contribution in [-0.4, -0.2) is 43.9 Å². The van der Waals surface area contributed by atoms with E-state index in [2.05, 4.69) is 58.3 Å². The predicted molar refractivity (Wildman–Crippen MR) is 131 cm³/mol. The highest BCUT2D eigenvalue weighted by atomic mass is 79.9. The average molecular weight is 541 g/mol. The summed E-state index contributed by atoms with van der Waals surface area (Å²) < 4.78 is 28.3. The number of sulfonamides is 1. The molecule has 0 spiro atoms. The van der Waals surface area contributed by atoms with E-state index >= 15 is 0 Å². The first kappa shape index (κ1) is 22.7. The lowest BCUT2D eigenvalue weighted by atomic mass is 10.0. The second kappa shape index (κ2) is 9.19. The van der Waals surface area contributed by atoms with E-state index in [-0.39, 0.29) is 9.92 Å². The van der Waals surface area contributed by atoms with Crippen molar-refractivity contribution >= 4 is 54.0 Å². The minimum Gasteiger partial charge on any atom is -0.345 e. The summed E-state index contributed by atoms with van der Waals surface area (Å²) in [5, 5.41) is 3.27. The van der Waals surface area contributed by atoms with Gasteiger partial charge < -0.3 is 4.90 Å². The van der Waals surface area contributed by atoms with Gasteiger partial charge in [-0.2, -0.15) is 4.31 Å². The van der Waals surface area contributed by atoms with Crippen molar-refractivity contribution < 1.29 is 8.42 Å². The van der Waals surface area contributed by atoms with Crippen molar-refractivity contribution in [2.45, 2.75) is 25.2 Å². The zero-order valence-corrected chi connectivity index (χ0v) is 21.3. The smallest absolute Gasteiger partial charge is 0.244 e. The Kier molecular flexibility index (Phi) is 6.74. The molecule has 0 radical (unpaired) electrons. The Balaban J connectivity index is 1.42. The van der Waals surface area contributed by atoms with E-state index in [0.29, 0.717) is 26.2 Å². The van der Waals surface area contributed by atoms with Crippen molar-refractivity contribution in [3.05, 3.63) is 73.7 Å². The number of hydrogen-bond donors (Lipinski definition) is 0. The Morgan fingerprint density at radius 1 is 1.06 bits per heavy atom. The summed E-state index contributed by atoms with van der Waals surface area (Å²) >= 11 is 11.1. The van der Waals surface area contributed by atoms with Crippen LogP contribution in [0.4, 0.5) is 5.13 Å². The number of nitrogens with zero attached hydrogens (tertiary/aromatic N) is 3. The summed E-state index contributed by atoms with van der Waals surface area (Å²) in [5.74, 6) is 0. The molecule has 1 aliphatic heterocycles. The monoisotopic (exact) mass is 539 g/mol. The summed E-state index contributed by atoms with van der Waals surface area (Å²) in [6.07, 6.45) is 0.801. The molecule has 0 aliphatic carbocycles. The molecular weight excluding hydrogens is 518 g/mol. The van der Waals surface area contributed by atoms with Crippen LogP contribution in [0.5, 0.6) is 0 Å². The molecule has 9 heteroatoms. The minimum absolute atomic E-state index is 0.149. The number of halogens is 2. The normalized spacial score (nSPS) is 15.4. The lowest BCUT2D eigenvalue weighted by Gasteiger charge is -2.34. The molecule has 2 aromatic carbocycles. The molecular formula is C22H23BrClN3O2S2. The van der Waals surface area contributed by atoms with Crippen molar-refractivity contribution in [1.29, 1.82) is 0 Å². The third-order valence-corrected chi connectivity index (χ3v) is 9.05. The molecule has 31 heavy (non-hydrogen) atoms. The van der Waals surface area contributed by atoms with E-state index in [0.717, 1.165) is 21.7 Å². The van der Waals surface area contributed by atoms with Gasteiger partial charge in [0.15, 0.2) is 5.13 Å². The van der Waals surface area contributed by atoms with E-state index in [9.17, 15) is 8.42 Å². The standard InChI is InChI=1S/C22H23BrClN3O2S2/c1-15-9-16(2)11-17(10-15)12-19-14-30-22(25-19)26-5-7-27(8-6-26)31(28,29)21-4-3-18(23)13-20(21)24/h3-4,9-11,13-14H,5-8,12H2,1-2H3. The van der Waals surface area contributed by atoms with Crippen LogP contribution in [0, 0.1) is 13.8 Å². The van der Waals surface area contributed by atoms with Gasteiger partial charge in [-0.05, 0) is 37.6 Å². The highest BCUT2D eigenvalue weighted by Gasteiger charge is 2.30. The number of rotatable bonds is 5. The van der Waals surface area contributed by atoms with Crippen LogP contribution in [0.25, 0.3) is 0 Å². The van der Waals surface area contributed by atoms with Crippen LogP contribution in [0.3, 0.4) is 0 Å². The lowest BCUT2D eigenvalue weighted by Crippen LogP contribution is -2.48. The molecule has 1 saturated heterocycles. The van der Waals surface area contributed by atoms with E-state index in [1.807, 2.05) is 0 Å². The summed E-state index contributed by atoms with van der Waals surface area (Å²) in [5.41, 5.74) is 4.82. The van der Waals surface area contributed by atoms with Gasteiger partial charge in [0.05, 0.1) is 10.7 Å². The lowest BCUT2D eigenvalue weighted by molar-refractivity contribution is 0.384. The van der Waals surface area contributed by atoms with Crippen molar-refractivity contribution in [3.63, 3.8) is 0 Å². The molecule has 5 nitrogen and oxygen atoms in total. The zero-order valence-electron chi connectivity index (χ0n) is 17.3. The van der Waals surface area contributed by atoms with Crippen molar-refractivity contribution in [3.8, 4) is 0 Å². The summed E-state index contributed by atoms with van der Waals surface area (Å²) in [6.45, 7) is 6.23. The van der Waals surface area contributed by atoms with Crippen molar-refractivity contribution in [1.82, 2.24) is 9.29 Å². The minimum atomic E-state index is -3.62. The first-order chi connectivity index (χ1) is 14.7. The van der Waals surface area contributed by atoms with Gasteiger partial charge in [0.2, 0.25) is 10.0 Å². The van der Waals surface area contributed by atoms with Crippen LogP contribution in [0.2, 0.25) is 5.02 Å². The molecule has 1 fully saturated rings. The Morgan fingerprint density at radius 2 is 1.74 bits per heavy atom. The average Bonchev–Trinajstić information content (AvgIpc) is 3.15. The summed E-state index contributed by atoms with van der Waals surface area (Å²) in [7, 11) is -3.62. The number of anilines is 1. The number of thiazole rings is 1. The fourth-order valence-corrected chi connectivity index (χ4v) is 7.16. The zero-order chi connectivity index (χ0) is 22.2. The Hall–Kier alpha value is -1.45. The molecule has 2 heterocycles. The largest absolute Gasteiger partial charge is 0.345 e. The van der Waals surface area contributed by atoms with Gasteiger partial charge in [0, 0.05) is 42.5 Å². The number of aryl methyl sites for hydroxylation is 2. The fraction of sp³-hybridized carbons (Fsp3) is 0.318. The third-order valence-electron chi connectivity index (χ3n) is 5.23. The molecule has 0 N–H and O–H groups in total. The first-order valence-corrected chi connectivity index (χ1v) is 13.4. The summed E-state index contributed by atoms with van der Waals surface area (Å²) in [4.78, 5) is 7.11. The Morgan fingerprint density at radius 3 is 2.39 bits per heavy atom. The Labute approximate surface area is 200 Å². The van der Waals surface area contributed by atoms with E-state index < -0.39 is 10.0 Å². The van der Waals surface area contributed by atoms with Gasteiger partial charge in [-0.25, -0.2) is 13.4 Å². The second-order valence-electron chi connectivity index (χ2n) is 7.76. The quantitative estimate of drug-likeness (QED) is 0.442. The van der Waals surface area contributed by atoms with Gasteiger partial charge >= 0.3 is 0 Å². The fourth-order valence-electron chi connectivity index (χ4n) is 3.85. The van der Waals surface area contributed by atoms with Crippen molar-refractivity contribution in [2.24, 2.45) is 0 Å². The van der Waals surface area contributed by atoms with Crippen LogP contribution in [0.1, 0.15) is 22.4 Å². The first-order valence-electron chi connectivity index (χ1n) is 9.94. The van der Waals surface area contributed by atoms with Gasteiger partial charge in [-0.15, -0.1) is 11.3 Å². The molecule has 3 aromatic rings. The van der Waals surface area contributed by atoms with Gasteiger partial charge in [0.1, 0.15) is 4.90 Å². The Bertz CT molecular complexity index is 1180. The number of hydrogen-bond acceptors (Lipinski definition) is 5. The second-order valence-corrected chi connectivity index (χ2v) is 11.8. The molecule has 1 aromatic heterocycles.